The maximum Gasteiger partial charge on any atom is 0.460 e. The molecule has 0 saturated heterocycles. The fraction of sp³-hybridized carbons (Fsp3) is 1.00. The number of methoxy groups -OCH3 is 1. The van der Waals surface area contributed by atoms with Gasteiger partial charge in [0.15, 0.2) is 0 Å². The van der Waals surface area contributed by atoms with Crippen LogP contribution < -0.4 is 0 Å². The van der Waals surface area contributed by atoms with Gasteiger partial charge in [0.2, 0.25) is 0 Å². The maximum atomic E-state index is 13.5. The monoisotopic (exact) mass is 450 g/mol. The van der Waals surface area contributed by atoms with Gasteiger partial charge in [0, 0.05) is 7.11 Å². The van der Waals surface area contributed by atoms with Crippen LogP contribution in [-0.2, 0) is 4.74 Å². The average molecular weight is 450 g/mol. The molecular formula is C9H3F17O. The molecule has 0 heterocycles. The molecule has 18 heteroatoms. The molecule has 27 heavy (non-hydrogen) atoms. The summed E-state index contributed by atoms with van der Waals surface area (Å²) in [6.45, 7) is 0. The van der Waals surface area contributed by atoms with Crippen LogP contribution in [0.3, 0.4) is 0 Å². The smallest absolute Gasteiger partial charge is 0.321 e. The SMILES string of the molecule is COC(F)(F)C(F)(C(F)(F)F)C(F)(F)C(F)(F)C(F)(F)C(F)(F)C(F)(F)F. The van der Waals surface area contributed by atoms with E-state index < -0.39 is 54.9 Å². The van der Waals surface area contributed by atoms with Crippen molar-refractivity contribution in [2.45, 2.75) is 47.8 Å². The predicted octanol–water partition coefficient (Wildman–Crippen LogP) is 5.60. The molecule has 0 saturated carbocycles. The summed E-state index contributed by atoms with van der Waals surface area (Å²) in [6, 6.07) is 0. The lowest BCUT2D eigenvalue weighted by Crippen LogP contribution is -2.77. The molecule has 1 nitrogen and oxygen atoms in total. The van der Waals surface area contributed by atoms with Crippen LogP contribution >= 0.6 is 0 Å². The Morgan fingerprint density at radius 2 is 0.704 bits per heavy atom. The second-order valence-corrected chi connectivity index (χ2v) is 4.67. The first-order valence-electron chi connectivity index (χ1n) is 5.58. The Morgan fingerprint density at radius 1 is 0.407 bits per heavy atom. The van der Waals surface area contributed by atoms with Crippen LogP contribution in [0, 0.1) is 0 Å². The van der Waals surface area contributed by atoms with Crippen molar-refractivity contribution < 1.29 is 79.4 Å². The van der Waals surface area contributed by atoms with Gasteiger partial charge < -0.3 is 4.74 Å². The normalized spacial score (nSPS) is 18.4. The minimum atomic E-state index is -8.66. The highest BCUT2D eigenvalue weighted by molar-refractivity contribution is 5.17. The molecule has 0 aliphatic rings. The Kier molecular flexibility index (Phi) is 5.85. The first-order valence-corrected chi connectivity index (χ1v) is 5.58. The van der Waals surface area contributed by atoms with Gasteiger partial charge in [-0.05, 0) is 0 Å². The van der Waals surface area contributed by atoms with E-state index in [1.54, 1.807) is 0 Å². The number of rotatable bonds is 6. The van der Waals surface area contributed by atoms with Gasteiger partial charge in [0.25, 0.3) is 0 Å². The Morgan fingerprint density at radius 3 is 0.926 bits per heavy atom. The van der Waals surface area contributed by atoms with Gasteiger partial charge >= 0.3 is 47.8 Å². The van der Waals surface area contributed by atoms with Crippen LogP contribution in [0.2, 0.25) is 0 Å². The fourth-order valence-corrected chi connectivity index (χ4v) is 1.46. The van der Waals surface area contributed by atoms with Crippen molar-refractivity contribution in [2.75, 3.05) is 7.11 Å². The van der Waals surface area contributed by atoms with E-state index in [9.17, 15) is 74.6 Å². The molecule has 0 N–H and O–H groups in total. The van der Waals surface area contributed by atoms with Gasteiger partial charge in [0.05, 0.1) is 0 Å². The van der Waals surface area contributed by atoms with Gasteiger partial charge in [-0.25, -0.2) is 4.39 Å². The summed E-state index contributed by atoms with van der Waals surface area (Å²) in [5.41, 5.74) is -8.16. The van der Waals surface area contributed by atoms with Crippen LogP contribution in [0.25, 0.3) is 0 Å². The molecule has 0 fully saturated rings. The molecular weight excluding hydrogens is 447 g/mol. The molecule has 0 rings (SSSR count). The maximum absolute atomic E-state index is 13.5. The summed E-state index contributed by atoms with van der Waals surface area (Å²) in [7, 11) is -0.712. The van der Waals surface area contributed by atoms with E-state index >= 15 is 0 Å². The summed E-state index contributed by atoms with van der Waals surface area (Å²) < 4.78 is 217. The third-order valence-corrected chi connectivity index (χ3v) is 3.02. The molecule has 0 amide bonds. The molecule has 0 bridgehead atoms. The first-order chi connectivity index (χ1) is 11.3. The summed E-state index contributed by atoms with van der Waals surface area (Å²) in [4.78, 5) is 0. The highest BCUT2D eigenvalue weighted by Gasteiger charge is 2.97. The molecule has 164 valence electrons. The van der Waals surface area contributed by atoms with Crippen molar-refractivity contribution in [1.29, 1.82) is 0 Å². The minimum Gasteiger partial charge on any atom is -0.321 e. The number of hydrogen-bond donors (Lipinski definition) is 0. The minimum absolute atomic E-state index is 0.712. The standard InChI is InChI=1S/C9H3F17O/c1-27-9(25,26)2(10,7(19,20)21)3(11,12)4(13,14)5(15,16)6(17,18)8(22,23)24/h1H3. The highest BCUT2D eigenvalue weighted by atomic mass is 19.4. The van der Waals surface area contributed by atoms with Crippen molar-refractivity contribution in [3.8, 4) is 0 Å². The van der Waals surface area contributed by atoms with Crippen molar-refractivity contribution >= 4 is 0 Å². The number of alkyl halides is 17. The Balaban J connectivity index is 6.95. The van der Waals surface area contributed by atoms with Crippen LogP contribution in [0.1, 0.15) is 0 Å². The van der Waals surface area contributed by atoms with Crippen LogP contribution in [-0.4, -0.2) is 54.9 Å². The van der Waals surface area contributed by atoms with Crippen molar-refractivity contribution in [1.82, 2.24) is 0 Å². The van der Waals surface area contributed by atoms with E-state index in [-0.39, 0.29) is 0 Å². The third-order valence-electron chi connectivity index (χ3n) is 3.02. The molecule has 0 aromatic carbocycles. The molecule has 0 spiro atoms. The van der Waals surface area contributed by atoms with Gasteiger partial charge in [-0.1, -0.05) is 0 Å². The topological polar surface area (TPSA) is 9.23 Å². The molecule has 0 aliphatic carbocycles. The lowest BCUT2D eigenvalue weighted by Gasteiger charge is -2.44. The van der Waals surface area contributed by atoms with E-state index in [0.29, 0.717) is 0 Å². The summed E-state index contributed by atoms with van der Waals surface area (Å²) in [5, 5.41) is 0. The predicted molar refractivity (Wildman–Crippen MR) is 47.7 cm³/mol. The Bertz CT molecular complexity index is 542. The fourth-order valence-electron chi connectivity index (χ4n) is 1.46. The third kappa shape index (κ3) is 3.06. The van der Waals surface area contributed by atoms with Gasteiger partial charge in [-0.2, -0.15) is 70.2 Å². The summed E-state index contributed by atoms with van der Waals surface area (Å²) >= 11 is 0. The molecule has 1 atom stereocenters. The van der Waals surface area contributed by atoms with Gasteiger partial charge in [0.1, 0.15) is 0 Å². The summed E-state index contributed by atoms with van der Waals surface area (Å²) in [5.74, 6) is -34.0. The lowest BCUT2D eigenvalue weighted by atomic mass is 9.85. The highest BCUT2D eigenvalue weighted by Crippen LogP contribution is 2.65. The Labute approximate surface area is 136 Å². The largest absolute Gasteiger partial charge is 0.460 e. The zero-order valence-electron chi connectivity index (χ0n) is 11.8. The molecule has 0 aliphatic heterocycles. The van der Waals surface area contributed by atoms with Crippen molar-refractivity contribution in [2.24, 2.45) is 0 Å². The first kappa shape index (κ1) is 25.8. The van der Waals surface area contributed by atoms with Crippen molar-refractivity contribution in [3.05, 3.63) is 0 Å². The molecule has 0 aromatic heterocycles. The number of hydrogen-bond acceptors (Lipinski definition) is 1. The second kappa shape index (κ2) is 6.13. The number of ether oxygens (including phenoxy) is 1. The summed E-state index contributed by atoms with van der Waals surface area (Å²) in [6.07, 6.45) is -22.8. The Hall–Kier alpha value is -1.23. The van der Waals surface area contributed by atoms with Crippen LogP contribution in [0.15, 0.2) is 0 Å². The van der Waals surface area contributed by atoms with Crippen LogP contribution in [0.5, 0.6) is 0 Å². The number of halogens is 17. The van der Waals surface area contributed by atoms with Crippen molar-refractivity contribution in [3.63, 3.8) is 0 Å². The molecule has 1 unspecified atom stereocenters. The van der Waals surface area contributed by atoms with E-state index in [1.165, 1.54) is 0 Å². The van der Waals surface area contributed by atoms with E-state index in [1.807, 2.05) is 0 Å². The second-order valence-electron chi connectivity index (χ2n) is 4.67. The lowest BCUT2D eigenvalue weighted by molar-refractivity contribution is -0.482. The molecule has 0 radical (unpaired) electrons. The van der Waals surface area contributed by atoms with E-state index in [2.05, 4.69) is 4.74 Å². The van der Waals surface area contributed by atoms with Gasteiger partial charge in [-0.15, -0.1) is 0 Å². The van der Waals surface area contributed by atoms with Crippen LogP contribution in [0.4, 0.5) is 74.6 Å². The molecule has 0 aromatic rings. The average Bonchev–Trinajstić information content (AvgIpc) is 2.42. The van der Waals surface area contributed by atoms with Gasteiger partial charge in [-0.3, -0.25) is 0 Å². The quantitative estimate of drug-likeness (QED) is 0.479. The van der Waals surface area contributed by atoms with E-state index in [4.69, 9.17) is 0 Å². The zero-order chi connectivity index (χ0) is 22.7. The zero-order valence-corrected chi connectivity index (χ0v) is 11.8. The van der Waals surface area contributed by atoms with E-state index in [0.717, 1.165) is 0 Å².